The van der Waals surface area contributed by atoms with Gasteiger partial charge in [-0.05, 0) is 24.3 Å². The number of hydrogen-bond donors (Lipinski definition) is 2. The van der Waals surface area contributed by atoms with Crippen LogP contribution in [0.3, 0.4) is 0 Å². The third kappa shape index (κ3) is 1.66. The first-order valence-corrected chi connectivity index (χ1v) is 5.49. The average Bonchev–Trinajstić information content (AvgIpc) is 2.98. The highest BCUT2D eigenvalue weighted by atomic mass is 16.5. The van der Waals surface area contributed by atoms with E-state index >= 15 is 0 Å². The second kappa shape index (κ2) is 4.03. The number of ether oxygens (including phenoxy) is 1. The molecule has 0 radical (unpaired) electrons. The number of carbonyl (C=O) groups excluding carboxylic acids is 1. The Labute approximate surface area is 103 Å². The summed E-state index contributed by atoms with van der Waals surface area (Å²) in [5.41, 5.74) is 3.06. The van der Waals surface area contributed by atoms with Crippen LogP contribution in [0.2, 0.25) is 0 Å². The zero-order valence-electron chi connectivity index (χ0n) is 9.73. The van der Waals surface area contributed by atoms with Gasteiger partial charge < -0.3 is 10.1 Å². The van der Waals surface area contributed by atoms with E-state index in [-0.39, 0.29) is 5.91 Å². The number of anilines is 1. The van der Waals surface area contributed by atoms with E-state index in [9.17, 15) is 4.79 Å². The summed E-state index contributed by atoms with van der Waals surface area (Å²) in [6, 6.07) is 7.32. The van der Waals surface area contributed by atoms with Crippen LogP contribution in [0, 0.1) is 0 Å². The standard InChI is InChI=1S/C13H11N3O2/c1-18-9-2-3-10-11(6-8-4-5-14-16-8)13(17)15-12(10)7-9/h2-7H,1H3,(H,14,16)(H,15,17)/b11-6-. The molecule has 3 rings (SSSR count). The third-order valence-corrected chi connectivity index (χ3v) is 2.83. The highest BCUT2D eigenvalue weighted by Crippen LogP contribution is 2.35. The SMILES string of the molecule is COc1ccc2c(c1)NC(=O)/C2=C\c1ccn[nH]1. The lowest BCUT2D eigenvalue weighted by Crippen LogP contribution is -2.03. The van der Waals surface area contributed by atoms with E-state index in [0.717, 1.165) is 22.7 Å². The first-order valence-electron chi connectivity index (χ1n) is 5.49. The Morgan fingerprint density at radius 3 is 2.94 bits per heavy atom. The summed E-state index contributed by atoms with van der Waals surface area (Å²) in [7, 11) is 1.60. The van der Waals surface area contributed by atoms with Crippen LogP contribution in [-0.2, 0) is 4.79 Å². The van der Waals surface area contributed by atoms with Gasteiger partial charge in [0, 0.05) is 17.8 Å². The van der Waals surface area contributed by atoms with E-state index in [1.165, 1.54) is 0 Å². The number of hydrogen-bond acceptors (Lipinski definition) is 3. The number of H-pyrrole nitrogens is 1. The lowest BCUT2D eigenvalue weighted by molar-refractivity contribution is -0.110. The summed E-state index contributed by atoms with van der Waals surface area (Å²) in [6.07, 6.45) is 3.43. The second-order valence-corrected chi connectivity index (χ2v) is 3.94. The molecule has 0 bridgehead atoms. The maximum Gasteiger partial charge on any atom is 0.256 e. The molecule has 2 N–H and O–H groups in total. The molecular weight excluding hydrogens is 230 g/mol. The predicted molar refractivity (Wildman–Crippen MR) is 68.1 cm³/mol. The van der Waals surface area contributed by atoms with Crippen LogP contribution in [0.5, 0.6) is 5.75 Å². The maximum absolute atomic E-state index is 11.9. The molecule has 2 heterocycles. The fourth-order valence-corrected chi connectivity index (χ4v) is 1.95. The van der Waals surface area contributed by atoms with Crippen molar-refractivity contribution in [2.75, 3.05) is 12.4 Å². The van der Waals surface area contributed by atoms with Crippen molar-refractivity contribution in [3.63, 3.8) is 0 Å². The Kier molecular flexibility index (Phi) is 2.37. The number of nitrogens with one attached hydrogen (secondary N) is 2. The molecular formula is C13H11N3O2. The van der Waals surface area contributed by atoms with E-state index in [2.05, 4.69) is 15.5 Å². The van der Waals surface area contributed by atoms with Crippen molar-refractivity contribution in [2.24, 2.45) is 0 Å². The second-order valence-electron chi connectivity index (χ2n) is 3.94. The Morgan fingerprint density at radius 1 is 1.33 bits per heavy atom. The van der Waals surface area contributed by atoms with Gasteiger partial charge in [0.05, 0.1) is 24.1 Å². The normalized spacial score (nSPS) is 15.6. The van der Waals surface area contributed by atoms with Crippen molar-refractivity contribution in [1.29, 1.82) is 0 Å². The highest BCUT2D eigenvalue weighted by molar-refractivity contribution is 6.34. The lowest BCUT2D eigenvalue weighted by atomic mass is 10.1. The Morgan fingerprint density at radius 2 is 2.22 bits per heavy atom. The fourth-order valence-electron chi connectivity index (χ4n) is 1.95. The van der Waals surface area contributed by atoms with Crippen molar-refractivity contribution in [1.82, 2.24) is 10.2 Å². The van der Waals surface area contributed by atoms with Gasteiger partial charge in [0.2, 0.25) is 0 Å². The minimum absolute atomic E-state index is 0.118. The largest absolute Gasteiger partial charge is 0.497 e. The summed E-state index contributed by atoms with van der Waals surface area (Å²) in [4.78, 5) is 11.9. The molecule has 5 nitrogen and oxygen atoms in total. The number of benzene rings is 1. The van der Waals surface area contributed by atoms with Crippen molar-refractivity contribution >= 4 is 23.2 Å². The number of methoxy groups -OCH3 is 1. The van der Waals surface area contributed by atoms with Crippen molar-refractivity contribution in [3.8, 4) is 5.75 Å². The third-order valence-electron chi connectivity index (χ3n) is 2.83. The van der Waals surface area contributed by atoms with Gasteiger partial charge in [-0.2, -0.15) is 5.10 Å². The molecule has 1 aliphatic rings. The molecule has 0 saturated carbocycles. The van der Waals surface area contributed by atoms with E-state index in [4.69, 9.17) is 4.74 Å². The zero-order valence-corrected chi connectivity index (χ0v) is 9.73. The lowest BCUT2D eigenvalue weighted by Gasteiger charge is -2.02. The summed E-state index contributed by atoms with van der Waals surface area (Å²) >= 11 is 0. The van der Waals surface area contributed by atoms with Gasteiger partial charge in [0.1, 0.15) is 5.75 Å². The fraction of sp³-hybridized carbons (Fsp3) is 0.0769. The number of rotatable bonds is 2. The molecule has 1 amide bonds. The van der Waals surface area contributed by atoms with Crippen LogP contribution in [0.25, 0.3) is 11.6 Å². The minimum atomic E-state index is -0.118. The Balaban J connectivity index is 2.07. The van der Waals surface area contributed by atoms with Gasteiger partial charge in [-0.15, -0.1) is 0 Å². The predicted octanol–water partition coefficient (Wildman–Crippen LogP) is 1.91. The van der Waals surface area contributed by atoms with Crippen molar-refractivity contribution in [3.05, 3.63) is 41.7 Å². The quantitative estimate of drug-likeness (QED) is 0.789. The topological polar surface area (TPSA) is 67.0 Å². The van der Waals surface area contributed by atoms with E-state index in [1.807, 2.05) is 18.2 Å². The first-order chi connectivity index (χ1) is 8.78. The van der Waals surface area contributed by atoms with Gasteiger partial charge in [-0.1, -0.05) is 0 Å². The smallest absolute Gasteiger partial charge is 0.256 e. The molecule has 5 heteroatoms. The van der Waals surface area contributed by atoms with Gasteiger partial charge in [0.25, 0.3) is 5.91 Å². The van der Waals surface area contributed by atoms with Gasteiger partial charge >= 0.3 is 0 Å². The number of aromatic amines is 1. The van der Waals surface area contributed by atoms with Crippen LogP contribution in [0.4, 0.5) is 5.69 Å². The molecule has 1 aromatic carbocycles. The van der Waals surface area contributed by atoms with E-state index in [0.29, 0.717) is 5.57 Å². The van der Waals surface area contributed by atoms with Crippen LogP contribution < -0.4 is 10.1 Å². The van der Waals surface area contributed by atoms with Crippen molar-refractivity contribution in [2.45, 2.75) is 0 Å². The minimum Gasteiger partial charge on any atom is -0.497 e. The van der Waals surface area contributed by atoms with Crippen LogP contribution in [-0.4, -0.2) is 23.2 Å². The molecule has 90 valence electrons. The average molecular weight is 241 g/mol. The Bertz CT molecular complexity index is 630. The molecule has 0 aliphatic carbocycles. The van der Waals surface area contributed by atoms with Crippen molar-refractivity contribution < 1.29 is 9.53 Å². The summed E-state index contributed by atoms with van der Waals surface area (Å²) in [5, 5.41) is 9.47. The number of nitrogens with zero attached hydrogens (tertiary/aromatic N) is 1. The zero-order chi connectivity index (χ0) is 12.5. The van der Waals surface area contributed by atoms with Crippen LogP contribution in [0.1, 0.15) is 11.3 Å². The molecule has 0 spiro atoms. The Hall–Kier alpha value is -2.56. The molecule has 0 fully saturated rings. The summed E-state index contributed by atoms with van der Waals surface area (Å²) in [6.45, 7) is 0. The highest BCUT2D eigenvalue weighted by Gasteiger charge is 2.24. The monoisotopic (exact) mass is 241 g/mol. The first kappa shape index (κ1) is 10.6. The molecule has 0 saturated heterocycles. The van der Waals surface area contributed by atoms with Gasteiger partial charge in [-0.25, -0.2) is 0 Å². The molecule has 18 heavy (non-hydrogen) atoms. The summed E-state index contributed by atoms with van der Waals surface area (Å²) < 4.78 is 5.13. The number of aromatic nitrogens is 2. The van der Waals surface area contributed by atoms with E-state index < -0.39 is 0 Å². The summed E-state index contributed by atoms with van der Waals surface area (Å²) in [5.74, 6) is 0.602. The molecule has 2 aromatic rings. The van der Waals surface area contributed by atoms with Gasteiger partial charge in [0.15, 0.2) is 0 Å². The molecule has 1 aromatic heterocycles. The molecule has 0 unspecified atom stereocenters. The molecule has 0 atom stereocenters. The number of fused-ring (bicyclic) bond motifs is 1. The van der Waals surface area contributed by atoms with E-state index in [1.54, 1.807) is 25.4 Å². The number of amides is 1. The van der Waals surface area contributed by atoms with Crippen LogP contribution in [0.15, 0.2) is 30.5 Å². The van der Waals surface area contributed by atoms with Gasteiger partial charge in [-0.3, -0.25) is 9.89 Å². The maximum atomic E-state index is 11.9. The number of carbonyl (C=O) groups is 1. The van der Waals surface area contributed by atoms with Crippen LogP contribution >= 0.6 is 0 Å². The molecule has 1 aliphatic heterocycles.